The molecule has 1 aromatic carbocycles. The quantitative estimate of drug-likeness (QED) is 0.820. The van der Waals surface area contributed by atoms with Crippen LogP contribution in [-0.4, -0.2) is 26.8 Å². The van der Waals surface area contributed by atoms with Gasteiger partial charge in [-0.25, -0.2) is 0 Å². The van der Waals surface area contributed by atoms with Gasteiger partial charge in [-0.1, -0.05) is 18.2 Å². The van der Waals surface area contributed by atoms with Crippen molar-refractivity contribution >= 4 is 8.80 Å². The maximum absolute atomic E-state index is 12.6. The molecule has 0 bridgehead atoms. The maximum atomic E-state index is 12.6. The zero-order valence-electron chi connectivity index (χ0n) is 10.8. The van der Waals surface area contributed by atoms with Crippen LogP contribution in [0.5, 0.6) is 0 Å². The van der Waals surface area contributed by atoms with Gasteiger partial charge in [-0.05, 0) is 25.5 Å². The van der Waals surface area contributed by atoms with Crippen LogP contribution in [0.2, 0.25) is 0 Å². The van der Waals surface area contributed by atoms with E-state index in [1.165, 1.54) is 12.1 Å². The number of halogens is 3. The third kappa shape index (κ3) is 4.94. The molecule has 3 nitrogen and oxygen atoms in total. The summed E-state index contributed by atoms with van der Waals surface area (Å²) in [5, 5.41) is 0. The summed E-state index contributed by atoms with van der Waals surface area (Å²) in [4.78, 5) is 10.2. The minimum absolute atomic E-state index is 0.0292. The molecule has 0 spiro atoms. The van der Waals surface area contributed by atoms with Crippen LogP contribution in [0.25, 0.3) is 0 Å². The Hall–Kier alpha value is -0.893. The van der Waals surface area contributed by atoms with Crippen molar-refractivity contribution in [3.63, 3.8) is 0 Å². The molecule has 0 unspecified atom stereocenters. The second-order valence-corrected chi connectivity index (χ2v) is 6.31. The lowest BCUT2D eigenvalue weighted by atomic mass is 10.1. The van der Waals surface area contributed by atoms with E-state index in [1.54, 1.807) is 13.8 Å². The fourth-order valence-corrected chi connectivity index (χ4v) is 3.64. The zero-order chi connectivity index (χ0) is 14.5. The van der Waals surface area contributed by atoms with E-state index in [-0.39, 0.29) is 19.3 Å². The van der Waals surface area contributed by atoms with Crippen molar-refractivity contribution in [2.75, 3.05) is 13.2 Å². The van der Waals surface area contributed by atoms with Gasteiger partial charge in [0, 0.05) is 19.3 Å². The molecule has 1 rings (SSSR count). The molecule has 0 fully saturated rings. The van der Waals surface area contributed by atoms with Crippen molar-refractivity contribution in [3.05, 3.63) is 35.4 Å². The SMILES string of the molecule is CCO[Si](O)(Cc1cccc(C(F)(F)F)c1)OCC. The lowest BCUT2D eigenvalue weighted by molar-refractivity contribution is -0.137. The van der Waals surface area contributed by atoms with Crippen molar-refractivity contribution < 1.29 is 26.8 Å². The van der Waals surface area contributed by atoms with Gasteiger partial charge in [-0.2, -0.15) is 13.2 Å². The Morgan fingerprint density at radius 1 is 1.16 bits per heavy atom. The second-order valence-electron chi connectivity index (χ2n) is 3.95. The minimum Gasteiger partial charge on any atom is -0.389 e. The smallest absolute Gasteiger partial charge is 0.389 e. The molecular weight excluding hydrogens is 277 g/mol. The molecule has 0 aliphatic rings. The first-order valence-electron chi connectivity index (χ1n) is 5.97. The highest BCUT2D eigenvalue weighted by molar-refractivity contribution is 6.58. The van der Waals surface area contributed by atoms with Crippen molar-refractivity contribution in [2.24, 2.45) is 0 Å². The van der Waals surface area contributed by atoms with Crippen LogP contribution in [0.4, 0.5) is 13.2 Å². The van der Waals surface area contributed by atoms with Crippen LogP contribution in [0.15, 0.2) is 24.3 Å². The number of benzene rings is 1. The number of hydrogen-bond donors (Lipinski definition) is 1. The van der Waals surface area contributed by atoms with Crippen molar-refractivity contribution in [2.45, 2.75) is 26.1 Å². The van der Waals surface area contributed by atoms with Gasteiger partial charge in [0.15, 0.2) is 0 Å². The Balaban J connectivity index is 2.91. The topological polar surface area (TPSA) is 38.7 Å². The van der Waals surface area contributed by atoms with Crippen molar-refractivity contribution in [1.29, 1.82) is 0 Å². The van der Waals surface area contributed by atoms with Gasteiger partial charge >= 0.3 is 15.0 Å². The molecule has 0 atom stereocenters. The van der Waals surface area contributed by atoms with Crippen LogP contribution < -0.4 is 0 Å². The van der Waals surface area contributed by atoms with E-state index in [0.29, 0.717) is 5.56 Å². The van der Waals surface area contributed by atoms with E-state index in [0.717, 1.165) is 12.1 Å². The van der Waals surface area contributed by atoms with Crippen LogP contribution in [-0.2, 0) is 21.1 Å². The molecule has 1 aromatic rings. The van der Waals surface area contributed by atoms with E-state index in [2.05, 4.69) is 0 Å². The predicted molar refractivity (Wildman–Crippen MR) is 66.4 cm³/mol. The van der Waals surface area contributed by atoms with Gasteiger partial charge in [0.1, 0.15) is 0 Å². The number of hydrogen-bond acceptors (Lipinski definition) is 3. The van der Waals surface area contributed by atoms with E-state index >= 15 is 0 Å². The van der Waals surface area contributed by atoms with Gasteiger partial charge in [0.05, 0.1) is 5.56 Å². The van der Waals surface area contributed by atoms with Gasteiger partial charge in [0.2, 0.25) is 0 Å². The summed E-state index contributed by atoms with van der Waals surface area (Å²) in [5.74, 6) is 0. The molecule has 108 valence electrons. The average Bonchev–Trinajstić information content (AvgIpc) is 2.28. The summed E-state index contributed by atoms with van der Waals surface area (Å²) < 4.78 is 48.1. The third-order valence-electron chi connectivity index (χ3n) is 2.42. The molecule has 7 heteroatoms. The molecule has 19 heavy (non-hydrogen) atoms. The largest absolute Gasteiger partial charge is 0.502 e. The Bertz CT molecular complexity index is 403. The molecule has 0 amide bonds. The molecule has 0 heterocycles. The van der Waals surface area contributed by atoms with Crippen LogP contribution in [0.1, 0.15) is 25.0 Å². The lowest BCUT2D eigenvalue weighted by Crippen LogP contribution is -2.45. The van der Waals surface area contributed by atoms with E-state index in [9.17, 15) is 18.0 Å². The highest BCUT2D eigenvalue weighted by Crippen LogP contribution is 2.30. The molecule has 0 aliphatic carbocycles. The fraction of sp³-hybridized carbons (Fsp3) is 0.500. The summed E-state index contributed by atoms with van der Waals surface area (Å²) in [5.41, 5.74) is -0.389. The summed E-state index contributed by atoms with van der Waals surface area (Å²) in [7, 11) is -3.44. The predicted octanol–water partition coefficient (Wildman–Crippen LogP) is 2.79. The van der Waals surface area contributed by atoms with Crippen LogP contribution >= 0.6 is 0 Å². The number of rotatable bonds is 6. The summed E-state index contributed by atoms with van der Waals surface area (Å²) in [6.07, 6.45) is -4.40. The third-order valence-corrected chi connectivity index (χ3v) is 4.76. The van der Waals surface area contributed by atoms with Crippen molar-refractivity contribution in [3.8, 4) is 0 Å². The van der Waals surface area contributed by atoms with Gasteiger partial charge in [-0.3, -0.25) is 0 Å². The second kappa shape index (κ2) is 6.51. The van der Waals surface area contributed by atoms with E-state index in [1.807, 2.05) is 0 Å². The standard InChI is InChI=1S/C12H17F3O3Si/c1-3-17-19(16,18-4-2)9-10-6-5-7-11(8-10)12(13,14)15/h5-8,16H,3-4,9H2,1-2H3. The Morgan fingerprint density at radius 3 is 2.21 bits per heavy atom. The van der Waals surface area contributed by atoms with Crippen molar-refractivity contribution in [1.82, 2.24) is 0 Å². The minimum atomic E-state index is -4.40. The summed E-state index contributed by atoms with van der Waals surface area (Å²) in [6, 6.07) is 4.80. The Labute approximate surface area is 111 Å². The monoisotopic (exact) mass is 294 g/mol. The normalized spacial score (nSPS) is 12.7. The molecule has 0 saturated heterocycles. The molecule has 1 N–H and O–H groups in total. The lowest BCUT2D eigenvalue weighted by Gasteiger charge is -2.23. The first-order valence-corrected chi connectivity index (χ1v) is 7.94. The summed E-state index contributed by atoms with van der Waals surface area (Å²) >= 11 is 0. The van der Waals surface area contributed by atoms with Crippen LogP contribution in [0, 0.1) is 0 Å². The highest BCUT2D eigenvalue weighted by Gasteiger charge is 2.37. The highest BCUT2D eigenvalue weighted by atomic mass is 28.4. The zero-order valence-corrected chi connectivity index (χ0v) is 11.8. The van der Waals surface area contributed by atoms with Gasteiger partial charge < -0.3 is 13.6 Å². The van der Waals surface area contributed by atoms with E-state index in [4.69, 9.17) is 8.85 Å². The molecule has 0 aliphatic heterocycles. The average molecular weight is 294 g/mol. The first-order chi connectivity index (χ1) is 8.80. The number of alkyl halides is 3. The van der Waals surface area contributed by atoms with Crippen LogP contribution in [0.3, 0.4) is 0 Å². The Kier molecular flexibility index (Phi) is 5.54. The first kappa shape index (κ1) is 16.2. The summed E-state index contributed by atoms with van der Waals surface area (Å²) in [6.45, 7) is 3.90. The maximum Gasteiger partial charge on any atom is 0.502 e. The fourth-order valence-electron chi connectivity index (χ4n) is 1.71. The molecule has 0 saturated carbocycles. The van der Waals surface area contributed by atoms with Gasteiger partial charge in [-0.15, -0.1) is 0 Å². The van der Waals surface area contributed by atoms with E-state index < -0.39 is 20.5 Å². The molecule has 0 radical (unpaired) electrons. The molecule has 0 aromatic heterocycles. The molecular formula is C12H17F3O3Si. The Morgan fingerprint density at radius 2 is 1.74 bits per heavy atom. The van der Waals surface area contributed by atoms with Gasteiger partial charge in [0.25, 0.3) is 0 Å².